The van der Waals surface area contributed by atoms with Crippen molar-refractivity contribution in [2.75, 3.05) is 33.7 Å². The van der Waals surface area contributed by atoms with Gasteiger partial charge in [-0.25, -0.2) is 5.32 Å². The van der Waals surface area contributed by atoms with E-state index in [1.165, 1.54) is 0 Å². The standard InChI is InChI=1S/C8H16N3O/c1-9-8(12)7-3-4-10-5-6-11(7)2/h7H,3-6H2,1-2H3,(H,9,12). The minimum absolute atomic E-state index is 0.0150. The van der Waals surface area contributed by atoms with Gasteiger partial charge in [0.1, 0.15) is 0 Å². The van der Waals surface area contributed by atoms with Crippen LogP contribution in [0.3, 0.4) is 0 Å². The van der Waals surface area contributed by atoms with Crippen LogP contribution >= 0.6 is 0 Å². The molecule has 1 aliphatic heterocycles. The molecule has 0 aromatic rings. The fourth-order valence-electron chi connectivity index (χ4n) is 1.43. The summed E-state index contributed by atoms with van der Waals surface area (Å²) in [5, 5.41) is 6.94. The van der Waals surface area contributed by atoms with E-state index in [9.17, 15) is 4.79 Å². The van der Waals surface area contributed by atoms with Gasteiger partial charge in [0, 0.05) is 26.7 Å². The monoisotopic (exact) mass is 170 g/mol. The number of carbonyl (C=O) groups excluding carboxylic acids is 1. The lowest BCUT2D eigenvalue weighted by Crippen LogP contribution is -2.44. The van der Waals surface area contributed by atoms with Crippen molar-refractivity contribution in [1.29, 1.82) is 0 Å². The lowest BCUT2D eigenvalue weighted by atomic mass is 10.2. The Labute approximate surface area is 73.3 Å². The van der Waals surface area contributed by atoms with Crippen molar-refractivity contribution in [2.24, 2.45) is 0 Å². The number of hydrogen-bond donors (Lipinski definition) is 1. The molecule has 4 heteroatoms. The summed E-state index contributed by atoms with van der Waals surface area (Å²) in [6.07, 6.45) is 0.843. The molecule has 1 radical (unpaired) electrons. The molecule has 1 unspecified atom stereocenters. The van der Waals surface area contributed by atoms with Crippen LogP contribution in [-0.4, -0.2) is 50.6 Å². The van der Waals surface area contributed by atoms with E-state index < -0.39 is 0 Å². The van der Waals surface area contributed by atoms with Crippen LogP contribution in [0, 0.1) is 0 Å². The summed E-state index contributed by atoms with van der Waals surface area (Å²) in [5.41, 5.74) is 0. The highest BCUT2D eigenvalue weighted by Crippen LogP contribution is 2.04. The van der Waals surface area contributed by atoms with Gasteiger partial charge in [0.15, 0.2) is 0 Å². The van der Waals surface area contributed by atoms with Crippen LogP contribution in [0.25, 0.3) is 0 Å². The maximum atomic E-state index is 11.3. The highest BCUT2D eigenvalue weighted by Gasteiger charge is 2.23. The molecule has 0 spiro atoms. The molecule has 1 saturated heterocycles. The third-order valence-corrected chi connectivity index (χ3v) is 2.25. The van der Waals surface area contributed by atoms with Crippen molar-refractivity contribution < 1.29 is 4.79 Å². The largest absolute Gasteiger partial charge is 0.358 e. The summed E-state index contributed by atoms with van der Waals surface area (Å²) in [7, 11) is 3.65. The van der Waals surface area contributed by atoms with Crippen LogP contribution in [0.4, 0.5) is 0 Å². The zero-order chi connectivity index (χ0) is 8.97. The fraction of sp³-hybridized carbons (Fsp3) is 0.875. The van der Waals surface area contributed by atoms with E-state index in [1.54, 1.807) is 7.05 Å². The van der Waals surface area contributed by atoms with Crippen LogP contribution in [0.1, 0.15) is 6.42 Å². The molecule has 0 aliphatic carbocycles. The van der Waals surface area contributed by atoms with E-state index >= 15 is 0 Å². The molecule has 1 fully saturated rings. The third kappa shape index (κ3) is 2.19. The first-order valence-electron chi connectivity index (χ1n) is 4.31. The van der Waals surface area contributed by atoms with Crippen molar-refractivity contribution in [2.45, 2.75) is 12.5 Å². The summed E-state index contributed by atoms with van der Waals surface area (Å²) in [4.78, 5) is 13.4. The van der Waals surface area contributed by atoms with Gasteiger partial charge in [-0.3, -0.25) is 9.69 Å². The zero-order valence-electron chi connectivity index (χ0n) is 7.71. The van der Waals surface area contributed by atoms with Gasteiger partial charge in [-0.05, 0) is 13.5 Å². The van der Waals surface area contributed by atoms with Crippen LogP contribution in [0.15, 0.2) is 0 Å². The lowest BCUT2D eigenvalue weighted by Gasteiger charge is -2.22. The Kier molecular flexibility index (Phi) is 3.49. The molecule has 12 heavy (non-hydrogen) atoms. The van der Waals surface area contributed by atoms with Gasteiger partial charge < -0.3 is 5.32 Å². The third-order valence-electron chi connectivity index (χ3n) is 2.25. The lowest BCUT2D eigenvalue weighted by molar-refractivity contribution is -0.125. The van der Waals surface area contributed by atoms with Gasteiger partial charge in [-0.2, -0.15) is 0 Å². The number of carbonyl (C=O) groups is 1. The molecule has 4 nitrogen and oxygen atoms in total. The Balaban J connectivity index is 2.52. The van der Waals surface area contributed by atoms with Gasteiger partial charge in [0.2, 0.25) is 5.91 Å². The Bertz CT molecular complexity index is 160. The maximum Gasteiger partial charge on any atom is 0.237 e. The van der Waals surface area contributed by atoms with Crippen molar-refractivity contribution in [1.82, 2.24) is 15.5 Å². The molecule has 1 rings (SSSR count). The molecule has 0 aromatic carbocycles. The predicted molar refractivity (Wildman–Crippen MR) is 47.0 cm³/mol. The first-order valence-corrected chi connectivity index (χ1v) is 4.31. The minimum atomic E-state index is 0.0150. The van der Waals surface area contributed by atoms with Crippen LogP contribution < -0.4 is 10.6 Å². The van der Waals surface area contributed by atoms with E-state index in [2.05, 4.69) is 15.5 Å². The van der Waals surface area contributed by atoms with Gasteiger partial charge in [0.05, 0.1) is 6.04 Å². The summed E-state index contributed by atoms with van der Waals surface area (Å²) in [6.45, 7) is 2.55. The van der Waals surface area contributed by atoms with Crippen LogP contribution in [-0.2, 0) is 4.79 Å². The minimum Gasteiger partial charge on any atom is -0.358 e. The Morgan fingerprint density at radius 2 is 2.33 bits per heavy atom. The summed E-state index contributed by atoms with van der Waals surface area (Å²) in [6, 6.07) is 0.0150. The molecular formula is C8H16N3O. The molecule has 1 atom stereocenters. The van der Waals surface area contributed by atoms with Crippen molar-refractivity contribution in [3.63, 3.8) is 0 Å². The van der Waals surface area contributed by atoms with Crippen LogP contribution in [0.5, 0.6) is 0 Å². The van der Waals surface area contributed by atoms with E-state index in [1.807, 2.05) is 7.05 Å². The molecule has 69 valence electrons. The number of likely N-dealkylation sites (N-methyl/N-ethyl adjacent to an activating group) is 2. The topological polar surface area (TPSA) is 46.4 Å². The highest BCUT2D eigenvalue weighted by molar-refractivity contribution is 5.81. The van der Waals surface area contributed by atoms with Crippen LogP contribution in [0.2, 0.25) is 0 Å². The van der Waals surface area contributed by atoms with Gasteiger partial charge >= 0.3 is 0 Å². The number of amides is 1. The van der Waals surface area contributed by atoms with E-state index in [0.29, 0.717) is 0 Å². The molecule has 1 aliphatic rings. The second-order valence-electron chi connectivity index (χ2n) is 3.07. The molecule has 1 N–H and O–H groups in total. The summed E-state index contributed by atoms with van der Waals surface area (Å²) >= 11 is 0. The van der Waals surface area contributed by atoms with Crippen molar-refractivity contribution in [3.8, 4) is 0 Å². The average molecular weight is 170 g/mol. The highest BCUT2D eigenvalue weighted by atomic mass is 16.2. The number of rotatable bonds is 1. The SMILES string of the molecule is CNC(=O)C1CC[N]CCN1C. The Hall–Kier alpha value is -0.610. The predicted octanol–water partition coefficient (Wildman–Crippen LogP) is -0.959. The van der Waals surface area contributed by atoms with Crippen molar-refractivity contribution in [3.05, 3.63) is 0 Å². The first kappa shape index (κ1) is 9.48. The Morgan fingerprint density at radius 1 is 1.58 bits per heavy atom. The van der Waals surface area contributed by atoms with Gasteiger partial charge in [-0.1, -0.05) is 0 Å². The second-order valence-corrected chi connectivity index (χ2v) is 3.07. The van der Waals surface area contributed by atoms with E-state index in [-0.39, 0.29) is 11.9 Å². The Morgan fingerprint density at radius 3 is 3.00 bits per heavy atom. The molecule has 1 amide bonds. The number of nitrogens with zero attached hydrogens (tertiary/aromatic N) is 2. The maximum absolute atomic E-state index is 11.3. The first-order chi connectivity index (χ1) is 5.75. The quantitative estimate of drug-likeness (QED) is 0.551. The fourth-order valence-corrected chi connectivity index (χ4v) is 1.43. The van der Waals surface area contributed by atoms with E-state index in [0.717, 1.165) is 26.1 Å². The number of nitrogens with one attached hydrogen (secondary N) is 1. The molecule has 0 aromatic heterocycles. The van der Waals surface area contributed by atoms with Gasteiger partial charge in [-0.15, -0.1) is 0 Å². The normalized spacial score (nSPS) is 26.3. The smallest absolute Gasteiger partial charge is 0.237 e. The second kappa shape index (κ2) is 4.42. The number of hydrogen-bond acceptors (Lipinski definition) is 2. The van der Waals surface area contributed by atoms with Crippen molar-refractivity contribution >= 4 is 5.91 Å². The molecule has 0 saturated carbocycles. The summed E-state index contributed by atoms with van der Waals surface area (Å²) in [5.74, 6) is 0.106. The zero-order valence-corrected chi connectivity index (χ0v) is 7.71. The van der Waals surface area contributed by atoms with Gasteiger partial charge in [0.25, 0.3) is 0 Å². The molecule has 1 heterocycles. The molecular weight excluding hydrogens is 154 g/mol. The molecule has 0 bridgehead atoms. The van der Waals surface area contributed by atoms with E-state index in [4.69, 9.17) is 0 Å². The summed E-state index contributed by atoms with van der Waals surface area (Å²) < 4.78 is 0. The average Bonchev–Trinajstić information content (AvgIpc) is 2.28.